The zero-order valence-electron chi connectivity index (χ0n) is 9.25. The maximum Gasteiger partial charge on any atom is 0.129 e. The summed E-state index contributed by atoms with van der Waals surface area (Å²) in [6.07, 6.45) is 0. The molecule has 0 amide bonds. The summed E-state index contributed by atoms with van der Waals surface area (Å²) in [5.74, 6) is -1.09. The maximum absolute atomic E-state index is 13.0. The minimum absolute atomic E-state index is 0.149. The van der Waals surface area contributed by atoms with Crippen LogP contribution in [0, 0.1) is 11.6 Å². The highest BCUT2D eigenvalue weighted by Crippen LogP contribution is 2.24. The standard InChI is InChI=1S/C13H10BrF2NO/c14-12-3-8(1-2-13(12)18)7-17-11-5-9(15)4-10(16)6-11/h1-6,17-18H,7H2. The number of benzene rings is 2. The van der Waals surface area contributed by atoms with Crippen LogP contribution in [0.1, 0.15) is 5.56 Å². The minimum Gasteiger partial charge on any atom is -0.507 e. The molecule has 0 fully saturated rings. The number of phenols is 1. The Morgan fingerprint density at radius 2 is 1.72 bits per heavy atom. The molecule has 2 aromatic rings. The molecule has 0 bridgehead atoms. The molecule has 0 saturated heterocycles. The van der Waals surface area contributed by atoms with E-state index < -0.39 is 11.6 Å². The van der Waals surface area contributed by atoms with Gasteiger partial charge in [-0.05, 0) is 45.8 Å². The van der Waals surface area contributed by atoms with E-state index in [0.717, 1.165) is 11.6 Å². The Morgan fingerprint density at radius 1 is 1.06 bits per heavy atom. The summed E-state index contributed by atoms with van der Waals surface area (Å²) in [7, 11) is 0. The van der Waals surface area contributed by atoms with Gasteiger partial charge in [0.15, 0.2) is 0 Å². The lowest BCUT2D eigenvalue weighted by molar-refractivity contribution is 0.471. The van der Waals surface area contributed by atoms with E-state index in [1.807, 2.05) is 0 Å². The monoisotopic (exact) mass is 313 g/mol. The van der Waals surface area contributed by atoms with Gasteiger partial charge in [0, 0.05) is 18.3 Å². The van der Waals surface area contributed by atoms with Crippen LogP contribution in [0.3, 0.4) is 0 Å². The number of phenolic OH excluding ortho intramolecular Hbond substituents is 1. The molecular weight excluding hydrogens is 304 g/mol. The second-order valence-corrected chi connectivity index (χ2v) is 4.65. The summed E-state index contributed by atoms with van der Waals surface area (Å²) in [5.41, 5.74) is 1.25. The van der Waals surface area contributed by atoms with Crippen molar-refractivity contribution in [3.63, 3.8) is 0 Å². The average Bonchev–Trinajstić information content (AvgIpc) is 2.29. The highest BCUT2D eigenvalue weighted by molar-refractivity contribution is 9.10. The summed E-state index contributed by atoms with van der Waals surface area (Å²) in [6.45, 7) is 0.405. The predicted octanol–water partition coefficient (Wildman–Crippen LogP) is 4.05. The number of halogens is 3. The van der Waals surface area contributed by atoms with Crippen molar-refractivity contribution < 1.29 is 13.9 Å². The first-order chi connectivity index (χ1) is 8.54. The molecule has 0 aliphatic rings. The number of hydrogen-bond acceptors (Lipinski definition) is 2. The van der Waals surface area contributed by atoms with Crippen molar-refractivity contribution in [1.82, 2.24) is 0 Å². The second-order valence-electron chi connectivity index (χ2n) is 3.80. The third kappa shape index (κ3) is 3.20. The van der Waals surface area contributed by atoms with E-state index in [0.29, 0.717) is 16.7 Å². The second kappa shape index (κ2) is 5.35. The van der Waals surface area contributed by atoms with Crippen molar-refractivity contribution in [2.24, 2.45) is 0 Å². The lowest BCUT2D eigenvalue weighted by atomic mass is 10.2. The Kier molecular flexibility index (Phi) is 3.81. The van der Waals surface area contributed by atoms with E-state index in [9.17, 15) is 13.9 Å². The SMILES string of the molecule is Oc1ccc(CNc2cc(F)cc(F)c2)cc1Br. The summed E-state index contributed by atoms with van der Waals surface area (Å²) in [4.78, 5) is 0. The zero-order valence-corrected chi connectivity index (χ0v) is 10.8. The average molecular weight is 314 g/mol. The fourth-order valence-electron chi connectivity index (χ4n) is 1.52. The summed E-state index contributed by atoms with van der Waals surface area (Å²) < 4.78 is 26.5. The molecular formula is C13H10BrF2NO. The van der Waals surface area contributed by atoms with Crippen molar-refractivity contribution in [2.75, 3.05) is 5.32 Å². The molecule has 2 aromatic carbocycles. The van der Waals surface area contributed by atoms with Crippen molar-refractivity contribution in [1.29, 1.82) is 0 Å². The van der Waals surface area contributed by atoms with Gasteiger partial charge < -0.3 is 10.4 Å². The fraction of sp³-hybridized carbons (Fsp3) is 0.0769. The van der Waals surface area contributed by atoms with Crippen LogP contribution in [-0.2, 0) is 6.54 Å². The topological polar surface area (TPSA) is 32.3 Å². The summed E-state index contributed by atoms with van der Waals surface area (Å²) in [5, 5.41) is 12.2. The molecule has 2 nitrogen and oxygen atoms in total. The van der Waals surface area contributed by atoms with Gasteiger partial charge in [0.1, 0.15) is 17.4 Å². The number of hydrogen-bond donors (Lipinski definition) is 2. The molecule has 0 radical (unpaired) electrons. The third-order valence-corrected chi connectivity index (χ3v) is 3.01. The lowest BCUT2D eigenvalue weighted by Crippen LogP contribution is -2.00. The van der Waals surface area contributed by atoms with E-state index in [4.69, 9.17) is 0 Å². The molecule has 94 valence electrons. The third-order valence-electron chi connectivity index (χ3n) is 2.37. The molecule has 0 saturated carbocycles. The molecule has 2 rings (SSSR count). The molecule has 2 N–H and O–H groups in total. The Labute approximate surface area is 111 Å². The predicted molar refractivity (Wildman–Crippen MR) is 69.5 cm³/mol. The first-order valence-electron chi connectivity index (χ1n) is 5.22. The lowest BCUT2D eigenvalue weighted by Gasteiger charge is -2.08. The Balaban J connectivity index is 2.08. The Hall–Kier alpha value is -1.62. The van der Waals surface area contributed by atoms with Crippen molar-refractivity contribution in [2.45, 2.75) is 6.54 Å². The van der Waals surface area contributed by atoms with Crippen molar-refractivity contribution in [3.8, 4) is 5.75 Å². The van der Waals surface area contributed by atoms with Gasteiger partial charge in [0.25, 0.3) is 0 Å². The highest BCUT2D eigenvalue weighted by atomic mass is 79.9. The highest BCUT2D eigenvalue weighted by Gasteiger charge is 2.02. The molecule has 0 atom stereocenters. The molecule has 18 heavy (non-hydrogen) atoms. The van der Waals surface area contributed by atoms with Crippen LogP contribution in [-0.4, -0.2) is 5.11 Å². The normalized spacial score (nSPS) is 10.4. The van der Waals surface area contributed by atoms with Crippen LogP contribution in [0.2, 0.25) is 0 Å². The first kappa shape index (κ1) is 12.8. The number of aromatic hydroxyl groups is 1. The van der Waals surface area contributed by atoms with Crippen LogP contribution in [0.4, 0.5) is 14.5 Å². The van der Waals surface area contributed by atoms with E-state index in [2.05, 4.69) is 21.2 Å². The van der Waals surface area contributed by atoms with E-state index in [1.54, 1.807) is 18.2 Å². The van der Waals surface area contributed by atoms with Crippen LogP contribution in [0.5, 0.6) is 5.75 Å². The maximum atomic E-state index is 13.0. The van der Waals surface area contributed by atoms with Crippen LogP contribution >= 0.6 is 15.9 Å². The van der Waals surface area contributed by atoms with Gasteiger partial charge in [0.05, 0.1) is 4.47 Å². The quantitative estimate of drug-likeness (QED) is 0.896. The molecule has 0 unspecified atom stereocenters. The van der Waals surface area contributed by atoms with E-state index in [1.165, 1.54) is 12.1 Å². The van der Waals surface area contributed by atoms with E-state index >= 15 is 0 Å². The van der Waals surface area contributed by atoms with Gasteiger partial charge in [-0.1, -0.05) is 6.07 Å². The Morgan fingerprint density at radius 3 is 2.33 bits per heavy atom. The van der Waals surface area contributed by atoms with Gasteiger partial charge in [-0.15, -0.1) is 0 Å². The smallest absolute Gasteiger partial charge is 0.129 e. The van der Waals surface area contributed by atoms with Gasteiger partial charge in [0.2, 0.25) is 0 Å². The van der Waals surface area contributed by atoms with E-state index in [-0.39, 0.29) is 5.75 Å². The molecule has 0 heterocycles. The number of nitrogens with one attached hydrogen (secondary N) is 1. The molecule has 0 aromatic heterocycles. The van der Waals surface area contributed by atoms with Crippen LogP contribution < -0.4 is 5.32 Å². The van der Waals surface area contributed by atoms with Gasteiger partial charge in [-0.3, -0.25) is 0 Å². The fourth-order valence-corrected chi connectivity index (χ4v) is 1.95. The van der Waals surface area contributed by atoms with Gasteiger partial charge >= 0.3 is 0 Å². The largest absolute Gasteiger partial charge is 0.507 e. The van der Waals surface area contributed by atoms with Crippen LogP contribution in [0.15, 0.2) is 40.9 Å². The van der Waals surface area contributed by atoms with Crippen molar-refractivity contribution >= 4 is 21.6 Å². The molecule has 5 heteroatoms. The van der Waals surface area contributed by atoms with Crippen molar-refractivity contribution in [3.05, 3.63) is 58.1 Å². The Bertz CT molecular complexity index is 555. The number of rotatable bonds is 3. The molecule has 0 spiro atoms. The minimum atomic E-state index is -0.621. The molecule has 0 aliphatic carbocycles. The number of anilines is 1. The van der Waals surface area contributed by atoms with Gasteiger partial charge in [-0.2, -0.15) is 0 Å². The van der Waals surface area contributed by atoms with Crippen LogP contribution in [0.25, 0.3) is 0 Å². The summed E-state index contributed by atoms with van der Waals surface area (Å²) >= 11 is 3.20. The summed E-state index contributed by atoms with van der Waals surface area (Å²) in [6, 6.07) is 8.27. The zero-order chi connectivity index (χ0) is 13.1. The molecule has 0 aliphatic heterocycles. The van der Waals surface area contributed by atoms with Gasteiger partial charge in [-0.25, -0.2) is 8.78 Å². The first-order valence-corrected chi connectivity index (χ1v) is 6.01.